The minimum Gasteiger partial charge on any atom is -0.507 e. The van der Waals surface area contributed by atoms with E-state index in [1.807, 2.05) is 39.0 Å². The number of hydrogen-bond acceptors (Lipinski definition) is 3. The van der Waals surface area contributed by atoms with Gasteiger partial charge in [-0.15, -0.1) is 0 Å². The molecule has 0 amide bonds. The van der Waals surface area contributed by atoms with E-state index < -0.39 is 6.10 Å². The number of allylic oxidation sites excluding steroid dienone is 3. The third kappa shape index (κ3) is 3.09. The van der Waals surface area contributed by atoms with Crippen molar-refractivity contribution >= 4 is 6.08 Å². The second-order valence-electron chi connectivity index (χ2n) is 6.11. The number of hydrogen-bond donors (Lipinski definition) is 3. The fourth-order valence-electron chi connectivity index (χ4n) is 3.15. The van der Waals surface area contributed by atoms with Gasteiger partial charge in [0.25, 0.3) is 0 Å². The molecule has 0 bridgehead atoms. The molecule has 2 rings (SSSR count). The Morgan fingerprint density at radius 1 is 1.27 bits per heavy atom. The number of phenols is 2. The van der Waals surface area contributed by atoms with E-state index in [-0.39, 0.29) is 23.3 Å². The first-order valence-corrected chi connectivity index (χ1v) is 7.55. The zero-order chi connectivity index (χ0) is 16.4. The van der Waals surface area contributed by atoms with Crippen LogP contribution in [0.2, 0.25) is 0 Å². The Bertz CT molecular complexity index is 617. The Labute approximate surface area is 131 Å². The van der Waals surface area contributed by atoms with E-state index in [4.69, 9.17) is 0 Å². The summed E-state index contributed by atoms with van der Waals surface area (Å²) in [5, 5.41) is 30.8. The van der Waals surface area contributed by atoms with Gasteiger partial charge < -0.3 is 15.3 Å². The van der Waals surface area contributed by atoms with E-state index in [1.54, 1.807) is 12.1 Å². The second kappa shape index (κ2) is 6.41. The molecule has 1 aromatic rings. The first-order valence-electron chi connectivity index (χ1n) is 7.55. The maximum absolute atomic E-state index is 10.4. The van der Waals surface area contributed by atoms with Crippen LogP contribution in [0.25, 0.3) is 6.08 Å². The summed E-state index contributed by atoms with van der Waals surface area (Å²) in [6.07, 6.45) is 5.66. The van der Waals surface area contributed by atoms with Crippen LogP contribution in [0.1, 0.15) is 44.2 Å². The van der Waals surface area contributed by atoms with Crippen LogP contribution in [0.5, 0.6) is 11.5 Å². The lowest BCUT2D eigenvalue weighted by molar-refractivity contribution is 0.168. The third-order valence-electron chi connectivity index (χ3n) is 4.36. The summed E-state index contributed by atoms with van der Waals surface area (Å²) < 4.78 is 0. The highest BCUT2D eigenvalue weighted by atomic mass is 16.3. The van der Waals surface area contributed by atoms with Gasteiger partial charge in [0, 0.05) is 11.5 Å². The van der Waals surface area contributed by atoms with E-state index in [9.17, 15) is 15.3 Å². The molecule has 0 heterocycles. The molecule has 1 aliphatic carbocycles. The maximum Gasteiger partial charge on any atom is 0.123 e. The van der Waals surface area contributed by atoms with Crippen LogP contribution in [-0.4, -0.2) is 21.4 Å². The lowest BCUT2D eigenvalue weighted by Gasteiger charge is -2.34. The quantitative estimate of drug-likeness (QED) is 0.736. The van der Waals surface area contributed by atoms with Crippen LogP contribution in [0.15, 0.2) is 42.0 Å². The van der Waals surface area contributed by atoms with Gasteiger partial charge in [-0.25, -0.2) is 0 Å². The van der Waals surface area contributed by atoms with E-state index >= 15 is 0 Å². The minimum absolute atomic E-state index is 0.0110. The minimum atomic E-state index is -0.496. The Morgan fingerprint density at radius 3 is 2.36 bits per heavy atom. The summed E-state index contributed by atoms with van der Waals surface area (Å²) >= 11 is 0. The highest BCUT2D eigenvalue weighted by molar-refractivity contribution is 5.60. The normalized spacial score (nSPS) is 25.3. The highest BCUT2D eigenvalue weighted by Gasteiger charge is 2.33. The molecule has 0 saturated carbocycles. The summed E-state index contributed by atoms with van der Waals surface area (Å²) in [5.41, 5.74) is 3.06. The van der Waals surface area contributed by atoms with Gasteiger partial charge in [-0.05, 0) is 56.4 Å². The second-order valence-corrected chi connectivity index (χ2v) is 6.11. The first kappa shape index (κ1) is 16.4. The van der Waals surface area contributed by atoms with Crippen molar-refractivity contribution < 1.29 is 15.3 Å². The Hall–Kier alpha value is -2.00. The van der Waals surface area contributed by atoms with Crippen molar-refractivity contribution in [2.75, 3.05) is 0 Å². The summed E-state index contributed by atoms with van der Waals surface area (Å²) in [5.74, 6) is -0.0433. The average Bonchev–Trinajstić information content (AvgIpc) is 2.41. The smallest absolute Gasteiger partial charge is 0.123 e. The van der Waals surface area contributed by atoms with Crippen LogP contribution in [0.4, 0.5) is 0 Å². The standard InChI is InChI=1S/C19H24O3/c1-5-6-13-8-17(21)19(18(22)9-13)15-7-12(4)16(20)10-14(15)11(2)3/h5-9,14-16,20-22H,2,10H2,1,3-4H3/b6-5+. The molecule has 3 atom stereocenters. The molecule has 3 N–H and O–H groups in total. The molecule has 0 aromatic heterocycles. The predicted octanol–water partition coefficient (Wildman–Crippen LogP) is 4.12. The average molecular weight is 300 g/mol. The molecule has 3 heteroatoms. The molecule has 0 fully saturated rings. The van der Waals surface area contributed by atoms with Gasteiger partial charge in [0.05, 0.1) is 6.10 Å². The van der Waals surface area contributed by atoms with Crippen molar-refractivity contribution in [1.29, 1.82) is 0 Å². The molecule has 118 valence electrons. The maximum atomic E-state index is 10.4. The van der Waals surface area contributed by atoms with Crippen LogP contribution in [0, 0.1) is 5.92 Å². The summed E-state index contributed by atoms with van der Waals surface area (Å²) in [6.45, 7) is 9.68. The van der Waals surface area contributed by atoms with Crippen molar-refractivity contribution in [2.24, 2.45) is 5.92 Å². The molecule has 0 aliphatic heterocycles. The Morgan fingerprint density at radius 2 is 1.86 bits per heavy atom. The lowest BCUT2D eigenvalue weighted by Crippen LogP contribution is -2.26. The topological polar surface area (TPSA) is 60.7 Å². The lowest BCUT2D eigenvalue weighted by atomic mass is 9.72. The molecular weight excluding hydrogens is 276 g/mol. The van der Waals surface area contributed by atoms with Gasteiger partial charge in [0.1, 0.15) is 11.5 Å². The van der Waals surface area contributed by atoms with E-state index in [0.717, 1.165) is 16.7 Å². The predicted molar refractivity (Wildman–Crippen MR) is 89.9 cm³/mol. The summed E-state index contributed by atoms with van der Waals surface area (Å²) in [4.78, 5) is 0. The van der Waals surface area contributed by atoms with E-state index in [1.165, 1.54) is 0 Å². The van der Waals surface area contributed by atoms with E-state index in [2.05, 4.69) is 6.58 Å². The number of rotatable bonds is 3. The van der Waals surface area contributed by atoms with Crippen molar-refractivity contribution in [1.82, 2.24) is 0 Å². The van der Waals surface area contributed by atoms with Crippen molar-refractivity contribution in [3.05, 3.63) is 53.1 Å². The molecule has 1 aliphatic rings. The number of benzene rings is 1. The molecule has 3 unspecified atom stereocenters. The number of aromatic hydroxyl groups is 2. The van der Waals surface area contributed by atoms with Crippen molar-refractivity contribution in [3.63, 3.8) is 0 Å². The summed E-state index contributed by atoms with van der Waals surface area (Å²) in [6, 6.07) is 3.30. The highest BCUT2D eigenvalue weighted by Crippen LogP contribution is 2.46. The van der Waals surface area contributed by atoms with Crippen LogP contribution in [-0.2, 0) is 0 Å². The Kier molecular flexibility index (Phi) is 4.77. The van der Waals surface area contributed by atoms with Gasteiger partial charge >= 0.3 is 0 Å². The SMILES string of the molecule is C=C(C)C1CC(O)C(C)=CC1c1c(O)cc(/C=C/C)cc1O. The fourth-order valence-corrected chi connectivity index (χ4v) is 3.15. The molecule has 0 spiro atoms. The number of aliphatic hydroxyl groups is 1. The summed E-state index contributed by atoms with van der Waals surface area (Å²) in [7, 11) is 0. The monoisotopic (exact) mass is 300 g/mol. The van der Waals surface area contributed by atoms with Crippen LogP contribution >= 0.6 is 0 Å². The van der Waals surface area contributed by atoms with Gasteiger partial charge in [0.2, 0.25) is 0 Å². The molecule has 22 heavy (non-hydrogen) atoms. The van der Waals surface area contributed by atoms with Crippen LogP contribution in [0.3, 0.4) is 0 Å². The molecular formula is C19H24O3. The van der Waals surface area contributed by atoms with Gasteiger partial charge in [-0.3, -0.25) is 0 Å². The van der Waals surface area contributed by atoms with Crippen LogP contribution < -0.4 is 0 Å². The fraction of sp³-hybridized carbons (Fsp3) is 0.368. The van der Waals surface area contributed by atoms with Crippen molar-refractivity contribution in [2.45, 2.75) is 39.2 Å². The molecule has 0 radical (unpaired) electrons. The number of aliphatic hydroxyl groups excluding tert-OH is 1. The van der Waals surface area contributed by atoms with Gasteiger partial charge in [-0.1, -0.05) is 30.4 Å². The van der Waals surface area contributed by atoms with Crippen molar-refractivity contribution in [3.8, 4) is 11.5 Å². The molecule has 0 saturated heterocycles. The number of phenolic OH excluding ortho intramolecular Hbond substituents is 2. The van der Waals surface area contributed by atoms with E-state index in [0.29, 0.717) is 12.0 Å². The van der Waals surface area contributed by atoms with Gasteiger partial charge in [-0.2, -0.15) is 0 Å². The zero-order valence-corrected chi connectivity index (χ0v) is 13.4. The first-order chi connectivity index (χ1) is 10.3. The third-order valence-corrected chi connectivity index (χ3v) is 4.36. The Balaban J connectivity index is 2.55. The zero-order valence-electron chi connectivity index (χ0n) is 13.4. The largest absolute Gasteiger partial charge is 0.507 e. The van der Waals surface area contributed by atoms with Gasteiger partial charge in [0.15, 0.2) is 0 Å². The molecule has 1 aromatic carbocycles. The molecule has 3 nitrogen and oxygen atoms in total.